The first kappa shape index (κ1) is 11.9. The number of hydrogen-bond acceptors (Lipinski definition) is 3. The van der Waals surface area contributed by atoms with E-state index in [0.29, 0.717) is 6.61 Å². The average Bonchev–Trinajstić information content (AvgIpc) is 2.36. The van der Waals surface area contributed by atoms with E-state index >= 15 is 0 Å². The van der Waals surface area contributed by atoms with Crippen LogP contribution in [-0.4, -0.2) is 49.5 Å². The Morgan fingerprint density at radius 1 is 1.50 bits per heavy atom. The van der Waals surface area contributed by atoms with E-state index in [0.717, 1.165) is 19.5 Å². The molecule has 1 atom stereocenters. The molecule has 1 rings (SSSR count). The summed E-state index contributed by atoms with van der Waals surface area (Å²) < 4.78 is 4.90. The SMILES string of the molecule is CC.COCC1(O)CCN(C)C1. The third kappa shape index (κ3) is 3.52. The van der Waals surface area contributed by atoms with Crippen LogP contribution in [0.1, 0.15) is 20.3 Å². The third-order valence-corrected chi connectivity index (χ3v) is 1.94. The number of likely N-dealkylation sites (N-methyl/N-ethyl adjacent to an activating group) is 1. The van der Waals surface area contributed by atoms with Crippen molar-refractivity contribution in [3.05, 3.63) is 0 Å². The molecule has 0 aromatic carbocycles. The Hall–Kier alpha value is -0.120. The van der Waals surface area contributed by atoms with Crippen molar-refractivity contribution in [2.75, 3.05) is 33.9 Å². The van der Waals surface area contributed by atoms with Gasteiger partial charge in [0.1, 0.15) is 5.60 Å². The molecule has 0 amide bonds. The molecular formula is C9H21NO2. The van der Waals surface area contributed by atoms with E-state index in [2.05, 4.69) is 4.90 Å². The van der Waals surface area contributed by atoms with Gasteiger partial charge in [0.2, 0.25) is 0 Å². The van der Waals surface area contributed by atoms with Crippen LogP contribution in [0.5, 0.6) is 0 Å². The molecule has 1 fully saturated rings. The van der Waals surface area contributed by atoms with Crippen LogP contribution < -0.4 is 0 Å². The molecule has 1 N–H and O–H groups in total. The molecule has 1 unspecified atom stereocenters. The van der Waals surface area contributed by atoms with Crippen LogP contribution in [0, 0.1) is 0 Å². The van der Waals surface area contributed by atoms with Gasteiger partial charge in [-0.2, -0.15) is 0 Å². The van der Waals surface area contributed by atoms with Crippen molar-refractivity contribution in [1.82, 2.24) is 4.90 Å². The summed E-state index contributed by atoms with van der Waals surface area (Å²) in [5, 5.41) is 9.70. The number of nitrogens with zero attached hydrogens (tertiary/aromatic N) is 1. The van der Waals surface area contributed by atoms with Gasteiger partial charge in [-0.25, -0.2) is 0 Å². The Morgan fingerprint density at radius 3 is 2.42 bits per heavy atom. The second-order valence-electron chi connectivity index (χ2n) is 3.15. The molecule has 1 aliphatic rings. The Morgan fingerprint density at radius 2 is 2.08 bits per heavy atom. The van der Waals surface area contributed by atoms with E-state index in [4.69, 9.17) is 4.74 Å². The molecule has 12 heavy (non-hydrogen) atoms. The van der Waals surface area contributed by atoms with Gasteiger partial charge in [-0.1, -0.05) is 13.8 Å². The van der Waals surface area contributed by atoms with Crippen molar-refractivity contribution in [3.8, 4) is 0 Å². The van der Waals surface area contributed by atoms with Crippen LogP contribution in [-0.2, 0) is 4.74 Å². The van der Waals surface area contributed by atoms with Gasteiger partial charge >= 0.3 is 0 Å². The Balaban J connectivity index is 0.000000561. The minimum absolute atomic E-state index is 0.456. The molecule has 0 aromatic rings. The number of likely N-dealkylation sites (tertiary alicyclic amines) is 1. The van der Waals surface area contributed by atoms with Gasteiger partial charge in [-0.15, -0.1) is 0 Å². The predicted octanol–water partition coefficient (Wildman–Crippen LogP) is 0.726. The summed E-state index contributed by atoms with van der Waals surface area (Å²) in [6.45, 7) is 6.16. The van der Waals surface area contributed by atoms with Gasteiger partial charge in [0.05, 0.1) is 6.61 Å². The molecule has 74 valence electrons. The van der Waals surface area contributed by atoms with Crippen molar-refractivity contribution in [3.63, 3.8) is 0 Å². The monoisotopic (exact) mass is 175 g/mol. The highest BCUT2D eigenvalue weighted by atomic mass is 16.5. The molecule has 0 aliphatic carbocycles. The van der Waals surface area contributed by atoms with E-state index in [9.17, 15) is 5.11 Å². The van der Waals surface area contributed by atoms with Crippen molar-refractivity contribution in [1.29, 1.82) is 0 Å². The zero-order chi connectivity index (χ0) is 9.61. The molecule has 1 heterocycles. The summed E-state index contributed by atoms with van der Waals surface area (Å²) in [5.74, 6) is 0. The van der Waals surface area contributed by atoms with Crippen LogP contribution in [0.3, 0.4) is 0 Å². The summed E-state index contributed by atoms with van der Waals surface area (Å²) in [5.41, 5.74) is -0.580. The molecule has 0 spiro atoms. The van der Waals surface area contributed by atoms with Crippen molar-refractivity contribution >= 4 is 0 Å². The first-order valence-corrected chi connectivity index (χ1v) is 4.56. The number of hydrogen-bond donors (Lipinski definition) is 1. The average molecular weight is 175 g/mol. The Bertz CT molecular complexity index is 115. The maximum absolute atomic E-state index is 9.70. The molecule has 3 heteroatoms. The van der Waals surface area contributed by atoms with Gasteiger partial charge in [-0.05, 0) is 13.5 Å². The maximum Gasteiger partial charge on any atom is 0.102 e. The fraction of sp³-hybridized carbons (Fsp3) is 1.00. The van der Waals surface area contributed by atoms with Crippen LogP contribution >= 0.6 is 0 Å². The van der Waals surface area contributed by atoms with Gasteiger partial charge in [0, 0.05) is 20.2 Å². The highest BCUT2D eigenvalue weighted by Gasteiger charge is 2.33. The number of β-amino-alcohol motifs (C(OH)–C–C–N with tert-alkyl or cyclic N) is 1. The van der Waals surface area contributed by atoms with Crippen molar-refractivity contribution in [2.45, 2.75) is 25.9 Å². The Kier molecular flexibility index (Phi) is 5.46. The minimum atomic E-state index is -0.580. The predicted molar refractivity (Wildman–Crippen MR) is 50.3 cm³/mol. The van der Waals surface area contributed by atoms with Crippen molar-refractivity contribution in [2.24, 2.45) is 0 Å². The molecule has 3 nitrogen and oxygen atoms in total. The lowest BCUT2D eigenvalue weighted by Crippen LogP contribution is -2.36. The van der Waals surface area contributed by atoms with E-state index in [1.807, 2.05) is 20.9 Å². The largest absolute Gasteiger partial charge is 0.386 e. The zero-order valence-corrected chi connectivity index (χ0v) is 8.63. The highest BCUT2D eigenvalue weighted by molar-refractivity contribution is 4.88. The fourth-order valence-electron chi connectivity index (χ4n) is 1.45. The van der Waals surface area contributed by atoms with Crippen LogP contribution in [0.15, 0.2) is 0 Å². The van der Waals surface area contributed by atoms with E-state index in [1.54, 1.807) is 7.11 Å². The maximum atomic E-state index is 9.70. The summed E-state index contributed by atoms with van der Waals surface area (Å²) in [6, 6.07) is 0. The topological polar surface area (TPSA) is 32.7 Å². The molecule has 0 saturated carbocycles. The smallest absolute Gasteiger partial charge is 0.102 e. The van der Waals surface area contributed by atoms with Gasteiger partial charge in [0.15, 0.2) is 0 Å². The lowest BCUT2D eigenvalue weighted by atomic mass is 10.1. The van der Waals surface area contributed by atoms with E-state index in [-0.39, 0.29) is 0 Å². The summed E-state index contributed by atoms with van der Waals surface area (Å²) >= 11 is 0. The Labute approximate surface area is 75.3 Å². The second kappa shape index (κ2) is 5.51. The number of rotatable bonds is 2. The molecular weight excluding hydrogens is 154 g/mol. The molecule has 0 radical (unpaired) electrons. The van der Waals surface area contributed by atoms with Crippen LogP contribution in [0.4, 0.5) is 0 Å². The van der Waals surface area contributed by atoms with Crippen molar-refractivity contribution < 1.29 is 9.84 Å². The van der Waals surface area contributed by atoms with Gasteiger partial charge in [0.25, 0.3) is 0 Å². The number of methoxy groups -OCH3 is 1. The number of aliphatic hydroxyl groups is 1. The first-order chi connectivity index (χ1) is 5.66. The van der Waals surface area contributed by atoms with Crippen LogP contribution in [0.2, 0.25) is 0 Å². The second-order valence-corrected chi connectivity index (χ2v) is 3.15. The highest BCUT2D eigenvalue weighted by Crippen LogP contribution is 2.19. The third-order valence-electron chi connectivity index (χ3n) is 1.94. The summed E-state index contributed by atoms with van der Waals surface area (Å²) in [4.78, 5) is 2.11. The summed E-state index contributed by atoms with van der Waals surface area (Å²) in [6.07, 6.45) is 0.831. The lowest BCUT2D eigenvalue weighted by Gasteiger charge is -2.20. The lowest BCUT2D eigenvalue weighted by molar-refractivity contribution is -0.0211. The van der Waals surface area contributed by atoms with Gasteiger partial charge < -0.3 is 14.7 Å². The van der Waals surface area contributed by atoms with E-state index in [1.165, 1.54) is 0 Å². The molecule has 1 saturated heterocycles. The molecule has 0 aromatic heterocycles. The molecule has 1 aliphatic heterocycles. The van der Waals surface area contributed by atoms with Gasteiger partial charge in [-0.3, -0.25) is 0 Å². The standard InChI is InChI=1S/C7H15NO2.C2H6/c1-8-4-3-7(9,5-8)6-10-2;1-2/h9H,3-6H2,1-2H3;1-2H3. The molecule has 0 bridgehead atoms. The quantitative estimate of drug-likeness (QED) is 0.671. The zero-order valence-electron chi connectivity index (χ0n) is 8.63. The normalized spacial score (nSPS) is 29.8. The number of ether oxygens (including phenoxy) is 1. The summed E-state index contributed by atoms with van der Waals surface area (Å²) in [7, 11) is 3.63. The van der Waals surface area contributed by atoms with Crippen LogP contribution in [0.25, 0.3) is 0 Å². The van der Waals surface area contributed by atoms with E-state index < -0.39 is 5.60 Å². The first-order valence-electron chi connectivity index (χ1n) is 4.56. The fourth-order valence-corrected chi connectivity index (χ4v) is 1.45. The minimum Gasteiger partial charge on any atom is -0.386 e.